The molecule has 0 fully saturated rings. The van der Waals surface area contributed by atoms with Gasteiger partial charge in [0.15, 0.2) is 0 Å². The van der Waals surface area contributed by atoms with Crippen LogP contribution in [0.1, 0.15) is 21.6 Å². The fraction of sp³-hybridized carbons (Fsp3) is 0.167. The van der Waals surface area contributed by atoms with Crippen molar-refractivity contribution in [1.29, 1.82) is 0 Å². The molecule has 20 heavy (non-hydrogen) atoms. The van der Waals surface area contributed by atoms with Crippen LogP contribution in [0.5, 0.6) is 5.75 Å². The third-order valence-electron chi connectivity index (χ3n) is 2.51. The number of alkyl halides is 3. The summed E-state index contributed by atoms with van der Waals surface area (Å²) in [5, 5.41) is 6.40. The molecule has 106 valence electrons. The van der Waals surface area contributed by atoms with Crippen LogP contribution in [0.25, 0.3) is 0 Å². The number of hydrogen-bond donors (Lipinski definition) is 2. The Morgan fingerprint density at radius 3 is 2.65 bits per heavy atom. The summed E-state index contributed by atoms with van der Waals surface area (Å²) in [6, 6.07) is 5.64. The third kappa shape index (κ3) is 3.28. The number of amides is 1. The molecule has 2 aromatic rings. The maximum atomic E-state index is 12.4. The number of nitrogens with zero attached hydrogens (tertiary/aromatic N) is 1. The van der Waals surface area contributed by atoms with E-state index in [4.69, 9.17) is 5.73 Å². The number of aromatic nitrogens is 2. The highest BCUT2D eigenvalue weighted by Crippen LogP contribution is 2.31. The quantitative estimate of drug-likeness (QED) is 0.901. The summed E-state index contributed by atoms with van der Waals surface area (Å²) in [5.74, 6) is -1.58. The van der Waals surface area contributed by atoms with Gasteiger partial charge in [-0.25, -0.2) is 0 Å². The number of carbonyl (C=O) groups is 1. The monoisotopic (exact) mass is 285 g/mol. The first kappa shape index (κ1) is 13.9. The molecule has 1 aromatic heterocycles. The Morgan fingerprint density at radius 2 is 2.10 bits per heavy atom. The second-order valence-electron chi connectivity index (χ2n) is 3.95. The van der Waals surface area contributed by atoms with Crippen LogP contribution in [0, 0.1) is 0 Å². The number of aromatic amines is 1. The van der Waals surface area contributed by atoms with Crippen molar-refractivity contribution < 1.29 is 22.7 Å². The maximum Gasteiger partial charge on any atom is 0.573 e. The lowest BCUT2D eigenvalue weighted by molar-refractivity contribution is -0.275. The van der Waals surface area contributed by atoms with E-state index >= 15 is 0 Å². The predicted octanol–water partition coefficient (Wildman–Crippen LogP) is 2.00. The molecule has 0 bridgehead atoms. The van der Waals surface area contributed by atoms with Gasteiger partial charge in [-0.15, -0.1) is 13.2 Å². The van der Waals surface area contributed by atoms with E-state index in [9.17, 15) is 18.0 Å². The van der Waals surface area contributed by atoms with Gasteiger partial charge >= 0.3 is 6.36 Å². The molecule has 0 aliphatic carbocycles. The lowest BCUT2D eigenvalue weighted by Gasteiger charge is -2.15. The zero-order valence-electron chi connectivity index (χ0n) is 10.1. The van der Waals surface area contributed by atoms with Crippen LogP contribution in [0.15, 0.2) is 30.5 Å². The van der Waals surface area contributed by atoms with E-state index in [1.54, 1.807) is 6.07 Å². The van der Waals surface area contributed by atoms with Gasteiger partial charge in [0.2, 0.25) is 0 Å². The Bertz CT molecular complexity index is 609. The molecular weight excluding hydrogens is 275 g/mol. The molecular formula is C12H10F3N3O2. The molecule has 1 amide bonds. The number of rotatable bonds is 4. The summed E-state index contributed by atoms with van der Waals surface area (Å²) < 4.78 is 41.3. The highest BCUT2D eigenvalue weighted by Gasteiger charge is 2.34. The topological polar surface area (TPSA) is 81.0 Å². The van der Waals surface area contributed by atoms with Crippen molar-refractivity contribution in [3.05, 3.63) is 47.3 Å². The number of nitrogens with one attached hydrogen (secondary N) is 1. The third-order valence-corrected chi connectivity index (χ3v) is 2.51. The van der Waals surface area contributed by atoms with Crippen molar-refractivity contribution in [2.75, 3.05) is 0 Å². The number of nitrogens with two attached hydrogens (primary N) is 1. The minimum atomic E-state index is -4.91. The van der Waals surface area contributed by atoms with E-state index in [1.165, 1.54) is 24.4 Å². The van der Waals surface area contributed by atoms with E-state index in [0.717, 1.165) is 0 Å². The van der Waals surface area contributed by atoms with Crippen LogP contribution in [-0.4, -0.2) is 22.5 Å². The molecule has 0 unspecified atom stereocenters. The van der Waals surface area contributed by atoms with E-state index in [1.807, 2.05) is 0 Å². The average molecular weight is 285 g/mol. The van der Waals surface area contributed by atoms with Gasteiger partial charge in [0.05, 0.1) is 11.3 Å². The van der Waals surface area contributed by atoms with Gasteiger partial charge in [0.1, 0.15) is 5.75 Å². The minimum absolute atomic E-state index is 0.0794. The molecule has 2 rings (SSSR count). The van der Waals surface area contributed by atoms with Gasteiger partial charge in [0, 0.05) is 18.2 Å². The molecule has 0 atom stereocenters. The van der Waals surface area contributed by atoms with Crippen molar-refractivity contribution in [3.8, 4) is 5.75 Å². The Kier molecular flexibility index (Phi) is 3.64. The highest BCUT2D eigenvalue weighted by molar-refractivity contribution is 5.96. The highest BCUT2D eigenvalue weighted by atomic mass is 19.4. The lowest BCUT2D eigenvalue weighted by atomic mass is 10.0. The zero-order valence-corrected chi connectivity index (χ0v) is 10.1. The van der Waals surface area contributed by atoms with E-state index in [-0.39, 0.29) is 17.5 Å². The van der Waals surface area contributed by atoms with E-state index < -0.39 is 18.0 Å². The lowest BCUT2D eigenvalue weighted by Crippen LogP contribution is -2.22. The molecule has 0 radical (unpaired) electrons. The maximum absolute atomic E-state index is 12.4. The van der Waals surface area contributed by atoms with Crippen LogP contribution in [-0.2, 0) is 6.42 Å². The Morgan fingerprint density at radius 1 is 1.35 bits per heavy atom. The van der Waals surface area contributed by atoms with Crippen LogP contribution in [0.2, 0.25) is 0 Å². The smallest absolute Gasteiger partial charge is 0.405 e. The number of ether oxygens (including phenoxy) is 1. The number of hydrogen-bond acceptors (Lipinski definition) is 3. The SMILES string of the molecule is NC(=O)c1cccc(Cc2cc[nH]n2)c1OC(F)(F)F. The van der Waals surface area contributed by atoms with Gasteiger partial charge in [0.25, 0.3) is 5.91 Å². The fourth-order valence-electron chi connectivity index (χ4n) is 1.74. The van der Waals surface area contributed by atoms with Gasteiger partial charge in [-0.05, 0) is 12.1 Å². The number of benzene rings is 1. The van der Waals surface area contributed by atoms with Crippen molar-refractivity contribution >= 4 is 5.91 Å². The Labute approximate surface area is 111 Å². The van der Waals surface area contributed by atoms with E-state index in [0.29, 0.717) is 5.69 Å². The number of H-pyrrole nitrogens is 1. The van der Waals surface area contributed by atoms with Gasteiger partial charge in [-0.2, -0.15) is 5.10 Å². The van der Waals surface area contributed by atoms with Crippen molar-refractivity contribution in [3.63, 3.8) is 0 Å². The van der Waals surface area contributed by atoms with Crippen molar-refractivity contribution in [2.24, 2.45) is 5.73 Å². The van der Waals surface area contributed by atoms with Gasteiger partial charge in [-0.3, -0.25) is 9.89 Å². The number of carbonyl (C=O) groups excluding carboxylic acids is 1. The van der Waals surface area contributed by atoms with Crippen LogP contribution < -0.4 is 10.5 Å². The first-order valence-corrected chi connectivity index (χ1v) is 5.53. The molecule has 3 N–H and O–H groups in total. The summed E-state index contributed by atoms with van der Waals surface area (Å²) in [5.41, 5.74) is 5.43. The number of para-hydroxylation sites is 1. The molecule has 0 aliphatic rings. The first-order valence-electron chi connectivity index (χ1n) is 5.53. The number of primary amides is 1. The second-order valence-corrected chi connectivity index (χ2v) is 3.95. The second kappa shape index (κ2) is 5.24. The predicted molar refractivity (Wildman–Crippen MR) is 63.0 cm³/mol. The molecule has 0 saturated carbocycles. The normalized spacial score (nSPS) is 11.3. The van der Waals surface area contributed by atoms with Crippen LogP contribution in [0.3, 0.4) is 0 Å². The first-order chi connectivity index (χ1) is 9.37. The van der Waals surface area contributed by atoms with Crippen LogP contribution >= 0.6 is 0 Å². The standard InChI is InChI=1S/C12H10F3N3O2/c13-12(14,15)20-10-7(6-8-4-5-17-18-8)2-1-3-9(10)11(16)19/h1-5H,6H2,(H2,16,19)(H,17,18). The minimum Gasteiger partial charge on any atom is -0.405 e. The fourth-order valence-corrected chi connectivity index (χ4v) is 1.74. The summed E-state index contributed by atoms with van der Waals surface area (Å²) in [6.07, 6.45) is -3.29. The zero-order chi connectivity index (χ0) is 14.8. The number of halogens is 3. The Hall–Kier alpha value is -2.51. The molecule has 5 nitrogen and oxygen atoms in total. The van der Waals surface area contributed by atoms with Crippen molar-refractivity contribution in [1.82, 2.24) is 10.2 Å². The van der Waals surface area contributed by atoms with Crippen molar-refractivity contribution in [2.45, 2.75) is 12.8 Å². The summed E-state index contributed by atoms with van der Waals surface area (Å²) in [4.78, 5) is 11.2. The molecule has 1 heterocycles. The summed E-state index contributed by atoms with van der Waals surface area (Å²) >= 11 is 0. The summed E-state index contributed by atoms with van der Waals surface area (Å²) in [6.45, 7) is 0. The summed E-state index contributed by atoms with van der Waals surface area (Å²) in [7, 11) is 0. The van der Waals surface area contributed by atoms with E-state index in [2.05, 4.69) is 14.9 Å². The van der Waals surface area contributed by atoms with Crippen LogP contribution in [0.4, 0.5) is 13.2 Å². The molecule has 8 heteroatoms. The Balaban J connectivity index is 2.44. The molecule has 1 aromatic carbocycles. The molecule has 0 aliphatic heterocycles. The largest absolute Gasteiger partial charge is 0.573 e. The molecule has 0 spiro atoms. The van der Waals surface area contributed by atoms with Gasteiger partial charge < -0.3 is 10.5 Å². The molecule has 0 saturated heterocycles. The van der Waals surface area contributed by atoms with Gasteiger partial charge in [-0.1, -0.05) is 12.1 Å². The average Bonchev–Trinajstić information content (AvgIpc) is 2.82.